The number of benzene rings is 5. The van der Waals surface area contributed by atoms with Crippen molar-refractivity contribution in [3.05, 3.63) is 108 Å². The lowest BCUT2D eigenvalue weighted by atomic mass is 9.91. The summed E-state index contributed by atoms with van der Waals surface area (Å²) in [5.74, 6) is 0. The highest BCUT2D eigenvalue weighted by Crippen LogP contribution is 2.33. The molecule has 0 heterocycles. The van der Waals surface area contributed by atoms with Crippen LogP contribution in [-0.4, -0.2) is 12.1 Å². The topological polar surface area (TPSA) is 134 Å². The van der Waals surface area contributed by atoms with Gasteiger partial charge in [0.2, 0.25) is 0 Å². The van der Waals surface area contributed by atoms with Crippen LogP contribution in [0.3, 0.4) is 0 Å². The lowest BCUT2D eigenvalue weighted by Gasteiger charge is -2.18. The maximum atomic E-state index is 12.7. The highest BCUT2D eigenvalue weighted by Gasteiger charge is 2.15. The van der Waals surface area contributed by atoms with E-state index >= 15 is 0 Å². The van der Waals surface area contributed by atoms with Crippen LogP contribution in [0.1, 0.15) is 11.1 Å². The molecule has 4 amide bonds. The van der Waals surface area contributed by atoms with Gasteiger partial charge >= 0.3 is 12.1 Å². The van der Waals surface area contributed by atoms with Crippen LogP contribution in [0.15, 0.2) is 97.1 Å². The van der Waals surface area contributed by atoms with Gasteiger partial charge in [-0.2, -0.15) is 0 Å². The fourth-order valence-corrected chi connectivity index (χ4v) is 4.58. The number of hydrogen-bond acceptors (Lipinski definition) is 4. The van der Waals surface area contributed by atoms with E-state index in [1.165, 1.54) is 0 Å². The number of fused-ring (bicyclic) bond motifs is 2. The molecule has 0 radical (unpaired) electrons. The van der Waals surface area contributed by atoms with Gasteiger partial charge in [-0.1, -0.05) is 72.8 Å². The number of carbonyl (C=O) groups excluding carboxylic acids is 2. The van der Waals surface area contributed by atoms with Crippen LogP contribution < -0.4 is 32.7 Å². The van der Waals surface area contributed by atoms with Gasteiger partial charge in [0.15, 0.2) is 0 Å². The molecular formula is C30H28N6O2. The Hall–Kier alpha value is -5.24. The van der Waals surface area contributed by atoms with Crippen molar-refractivity contribution in [2.75, 3.05) is 22.1 Å². The number of carbonyl (C=O) groups is 2. The summed E-state index contributed by atoms with van der Waals surface area (Å²) in [7, 11) is 0. The summed E-state index contributed by atoms with van der Waals surface area (Å²) in [4.78, 5) is 25.4. The zero-order chi connectivity index (χ0) is 26.5. The first kappa shape index (κ1) is 24.5. The van der Waals surface area contributed by atoms with Crippen LogP contribution in [0.25, 0.3) is 21.5 Å². The van der Waals surface area contributed by atoms with E-state index in [0.717, 1.165) is 32.7 Å². The smallest absolute Gasteiger partial charge is 0.319 e. The summed E-state index contributed by atoms with van der Waals surface area (Å²) >= 11 is 0. The van der Waals surface area contributed by atoms with Gasteiger partial charge in [0.25, 0.3) is 0 Å². The first-order valence-corrected chi connectivity index (χ1v) is 12.2. The first-order chi connectivity index (χ1) is 18.5. The Morgan fingerprint density at radius 1 is 0.500 bits per heavy atom. The molecule has 0 bridgehead atoms. The van der Waals surface area contributed by atoms with Crippen molar-refractivity contribution in [2.24, 2.45) is 0 Å². The van der Waals surface area contributed by atoms with E-state index in [-0.39, 0.29) is 12.1 Å². The SMILES string of the molecule is Nc1ccccc1NC(=O)NCc1c2ccccc2c(CNC(=O)Nc2ccccc2N)c2ccccc12. The molecule has 0 spiro atoms. The molecule has 5 rings (SSSR count). The van der Waals surface area contributed by atoms with Crippen molar-refractivity contribution >= 4 is 56.4 Å². The van der Waals surface area contributed by atoms with Crippen molar-refractivity contribution in [1.29, 1.82) is 0 Å². The van der Waals surface area contributed by atoms with Crippen molar-refractivity contribution < 1.29 is 9.59 Å². The van der Waals surface area contributed by atoms with Gasteiger partial charge in [-0.05, 0) is 56.9 Å². The zero-order valence-corrected chi connectivity index (χ0v) is 20.6. The van der Waals surface area contributed by atoms with Gasteiger partial charge < -0.3 is 32.7 Å². The van der Waals surface area contributed by atoms with Crippen molar-refractivity contribution in [2.45, 2.75) is 13.1 Å². The maximum Gasteiger partial charge on any atom is 0.319 e. The highest BCUT2D eigenvalue weighted by atomic mass is 16.2. The van der Waals surface area contributed by atoms with Gasteiger partial charge in [-0.25, -0.2) is 9.59 Å². The predicted octanol–water partition coefficient (Wildman–Crippen LogP) is 5.80. The third-order valence-electron chi connectivity index (χ3n) is 6.42. The molecule has 0 aromatic heterocycles. The second-order valence-corrected chi connectivity index (χ2v) is 8.84. The Morgan fingerprint density at radius 3 is 1.16 bits per heavy atom. The monoisotopic (exact) mass is 504 g/mol. The molecule has 0 aliphatic heterocycles. The van der Waals surface area contributed by atoms with Gasteiger partial charge in [0.1, 0.15) is 0 Å². The second-order valence-electron chi connectivity index (χ2n) is 8.84. The number of rotatable bonds is 6. The molecule has 190 valence electrons. The molecule has 0 unspecified atom stereocenters. The Bertz CT molecular complexity index is 1470. The summed E-state index contributed by atoms with van der Waals surface area (Å²) in [5, 5.41) is 15.5. The third kappa shape index (κ3) is 5.15. The number of nitrogens with one attached hydrogen (secondary N) is 4. The van der Waals surface area contributed by atoms with E-state index in [1.54, 1.807) is 24.3 Å². The van der Waals surface area contributed by atoms with E-state index in [2.05, 4.69) is 21.3 Å². The largest absolute Gasteiger partial charge is 0.397 e. The van der Waals surface area contributed by atoms with Crippen LogP contribution in [0, 0.1) is 0 Å². The number of nitrogen functional groups attached to an aromatic ring is 2. The Kier molecular flexibility index (Phi) is 6.95. The van der Waals surface area contributed by atoms with Crippen molar-refractivity contribution in [3.63, 3.8) is 0 Å². The molecule has 8 nitrogen and oxygen atoms in total. The first-order valence-electron chi connectivity index (χ1n) is 12.2. The predicted molar refractivity (Wildman–Crippen MR) is 155 cm³/mol. The minimum atomic E-state index is -0.348. The van der Waals surface area contributed by atoms with Crippen LogP contribution in [-0.2, 0) is 13.1 Å². The molecule has 8 heteroatoms. The van der Waals surface area contributed by atoms with Gasteiger partial charge in [-0.3, -0.25) is 0 Å². The normalized spacial score (nSPS) is 10.7. The summed E-state index contributed by atoms with van der Waals surface area (Å²) in [5.41, 5.74) is 16.0. The van der Waals surface area contributed by atoms with Gasteiger partial charge in [0.05, 0.1) is 22.7 Å². The number of para-hydroxylation sites is 4. The molecule has 0 saturated heterocycles. The van der Waals surface area contributed by atoms with E-state index in [9.17, 15) is 9.59 Å². The number of amides is 4. The molecule has 8 N–H and O–H groups in total. The summed E-state index contributed by atoms with van der Waals surface area (Å²) in [6.45, 7) is 0.613. The van der Waals surface area contributed by atoms with Crippen molar-refractivity contribution in [3.8, 4) is 0 Å². The zero-order valence-electron chi connectivity index (χ0n) is 20.6. The van der Waals surface area contributed by atoms with Crippen molar-refractivity contribution in [1.82, 2.24) is 10.6 Å². The number of hydrogen-bond donors (Lipinski definition) is 6. The fourth-order valence-electron chi connectivity index (χ4n) is 4.58. The van der Waals surface area contributed by atoms with E-state index < -0.39 is 0 Å². The average Bonchev–Trinajstić information content (AvgIpc) is 2.93. The molecule has 0 atom stereocenters. The van der Waals surface area contributed by atoms with Gasteiger partial charge in [0, 0.05) is 13.1 Å². The maximum absolute atomic E-state index is 12.7. The molecule has 38 heavy (non-hydrogen) atoms. The minimum absolute atomic E-state index is 0.307. The quantitative estimate of drug-likeness (QED) is 0.129. The fraction of sp³-hybridized carbons (Fsp3) is 0.0667. The molecule has 0 saturated carbocycles. The summed E-state index contributed by atoms with van der Waals surface area (Å²) in [6, 6.07) is 29.5. The Balaban J connectivity index is 1.42. The van der Waals surface area contributed by atoms with Crippen LogP contribution in [0.5, 0.6) is 0 Å². The molecule has 5 aromatic rings. The van der Waals surface area contributed by atoms with Crippen LogP contribution in [0.2, 0.25) is 0 Å². The summed E-state index contributed by atoms with van der Waals surface area (Å²) in [6.07, 6.45) is 0. The molecule has 0 aliphatic carbocycles. The lowest BCUT2D eigenvalue weighted by Crippen LogP contribution is -2.29. The average molecular weight is 505 g/mol. The second kappa shape index (κ2) is 10.8. The van der Waals surface area contributed by atoms with E-state index in [1.807, 2.05) is 72.8 Å². The molecule has 5 aromatic carbocycles. The molecular weight excluding hydrogens is 476 g/mol. The molecule has 0 aliphatic rings. The highest BCUT2D eigenvalue weighted by molar-refractivity contribution is 6.06. The Morgan fingerprint density at radius 2 is 0.816 bits per heavy atom. The van der Waals surface area contributed by atoms with Gasteiger partial charge in [-0.15, -0.1) is 0 Å². The minimum Gasteiger partial charge on any atom is -0.397 e. The van der Waals surface area contributed by atoms with E-state index in [0.29, 0.717) is 35.8 Å². The third-order valence-corrected chi connectivity index (χ3v) is 6.42. The van der Waals surface area contributed by atoms with Crippen LogP contribution in [0.4, 0.5) is 32.3 Å². The molecule has 0 fully saturated rings. The number of urea groups is 2. The van der Waals surface area contributed by atoms with E-state index in [4.69, 9.17) is 11.5 Å². The lowest BCUT2D eigenvalue weighted by molar-refractivity contribution is 0.251. The standard InChI is InChI=1S/C30H28N6O2/c31-25-13-5-7-15-27(25)35-29(37)33-17-23-19-9-1-2-10-20(19)24(22-12-4-3-11-21(22)23)18-34-30(38)36-28-16-8-6-14-26(28)32/h1-16H,17-18,31-32H2,(H2,33,35,37)(H2,34,36,38). The summed E-state index contributed by atoms with van der Waals surface area (Å²) < 4.78 is 0. The van der Waals surface area contributed by atoms with Crippen LogP contribution >= 0.6 is 0 Å². The number of anilines is 4. The number of nitrogens with two attached hydrogens (primary N) is 2. The Labute approximate surface area is 220 Å².